The van der Waals surface area contributed by atoms with Gasteiger partial charge >= 0.3 is 5.97 Å². The van der Waals surface area contributed by atoms with Crippen LogP contribution in [-0.2, 0) is 20.9 Å². The van der Waals surface area contributed by atoms with Gasteiger partial charge in [0.05, 0.1) is 7.11 Å². The number of ketones is 2. The van der Waals surface area contributed by atoms with E-state index in [2.05, 4.69) is 6.58 Å². The van der Waals surface area contributed by atoms with Crippen LogP contribution in [0.15, 0.2) is 30.5 Å². The Kier molecular flexibility index (Phi) is 4.64. The van der Waals surface area contributed by atoms with Crippen LogP contribution in [0.3, 0.4) is 0 Å². The molecule has 22 heavy (non-hydrogen) atoms. The first kappa shape index (κ1) is 16.2. The Hall–Kier alpha value is -2.17. The number of allylic oxidation sites excluding steroid dienone is 1. The second kappa shape index (κ2) is 6.30. The van der Waals surface area contributed by atoms with Crippen LogP contribution in [-0.4, -0.2) is 29.2 Å². The summed E-state index contributed by atoms with van der Waals surface area (Å²) < 4.78 is 6.40. The monoisotopic (exact) mass is 303 g/mol. The first-order valence-electron chi connectivity index (χ1n) is 7.39. The third kappa shape index (κ3) is 2.63. The van der Waals surface area contributed by atoms with Crippen LogP contribution < -0.4 is 0 Å². The molecule has 1 saturated carbocycles. The van der Waals surface area contributed by atoms with Crippen molar-refractivity contribution in [2.75, 3.05) is 7.11 Å². The molecule has 5 heteroatoms. The van der Waals surface area contributed by atoms with Gasteiger partial charge in [-0.1, -0.05) is 13.0 Å². The maximum absolute atomic E-state index is 12.4. The van der Waals surface area contributed by atoms with E-state index in [0.717, 1.165) is 12.8 Å². The topological polar surface area (TPSA) is 65.4 Å². The number of carbonyl (C=O) groups is 3. The van der Waals surface area contributed by atoms with Crippen molar-refractivity contribution in [3.05, 3.63) is 36.2 Å². The summed E-state index contributed by atoms with van der Waals surface area (Å²) in [5, 5.41) is 0. The summed E-state index contributed by atoms with van der Waals surface area (Å²) in [6.45, 7) is 5.71. The second-order valence-corrected chi connectivity index (χ2v) is 5.71. The van der Waals surface area contributed by atoms with E-state index in [-0.39, 0.29) is 18.1 Å². The Bertz CT molecular complexity index is 628. The van der Waals surface area contributed by atoms with Crippen LogP contribution in [0.2, 0.25) is 0 Å². The highest BCUT2D eigenvalue weighted by Crippen LogP contribution is 2.40. The zero-order valence-corrected chi connectivity index (χ0v) is 13.1. The molecule has 5 nitrogen and oxygen atoms in total. The molecule has 0 aliphatic heterocycles. The highest BCUT2D eigenvalue weighted by Gasteiger charge is 2.46. The number of esters is 1. The van der Waals surface area contributed by atoms with Crippen molar-refractivity contribution in [1.29, 1.82) is 0 Å². The summed E-state index contributed by atoms with van der Waals surface area (Å²) in [6.07, 6.45) is 4.29. The first-order chi connectivity index (χ1) is 10.4. The van der Waals surface area contributed by atoms with E-state index in [0.29, 0.717) is 24.1 Å². The third-order valence-corrected chi connectivity index (χ3v) is 4.47. The second-order valence-electron chi connectivity index (χ2n) is 5.71. The summed E-state index contributed by atoms with van der Waals surface area (Å²) in [6, 6.07) is 3.37. The Morgan fingerprint density at radius 2 is 2.14 bits per heavy atom. The van der Waals surface area contributed by atoms with E-state index in [1.807, 2.05) is 0 Å². The lowest BCUT2D eigenvalue weighted by Crippen LogP contribution is -2.43. The lowest BCUT2D eigenvalue weighted by atomic mass is 9.66. The van der Waals surface area contributed by atoms with Crippen LogP contribution in [0, 0.1) is 5.41 Å². The molecular weight excluding hydrogens is 282 g/mol. The molecule has 1 heterocycles. The van der Waals surface area contributed by atoms with E-state index in [1.165, 1.54) is 14.0 Å². The molecule has 0 amide bonds. The molecule has 1 aromatic rings. The van der Waals surface area contributed by atoms with Gasteiger partial charge in [0.1, 0.15) is 16.9 Å². The van der Waals surface area contributed by atoms with Crippen LogP contribution in [0.4, 0.5) is 0 Å². The SMILES string of the molecule is C=C(Cn1cccc1C(=O)OC)C1(C(C)=O)CCCCC1=O. The van der Waals surface area contributed by atoms with Crippen molar-refractivity contribution in [3.63, 3.8) is 0 Å². The molecule has 0 radical (unpaired) electrons. The zero-order valence-electron chi connectivity index (χ0n) is 13.1. The molecular formula is C17H21NO4. The van der Waals surface area contributed by atoms with Crippen molar-refractivity contribution in [2.24, 2.45) is 5.41 Å². The highest BCUT2D eigenvalue weighted by atomic mass is 16.5. The van der Waals surface area contributed by atoms with Gasteiger partial charge in [0.25, 0.3) is 0 Å². The van der Waals surface area contributed by atoms with Gasteiger partial charge in [0.2, 0.25) is 0 Å². The van der Waals surface area contributed by atoms with E-state index >= 15 is 0 Å². The molecule has 1 fully saturated rings. The van der Waals surface area contributed by atoms with Crippen molar-refractivity contribution in [3.8, 4) is 0 Å². The lowest BCUT2D eigenvalue weighted by molar-refractivity contribution is -0.139. The number of ether oxygens (including phenoxy) is 1. The van der Waals surface area contributed by atoms with Gasteiger partial charge in [-0.05, 0) is 37.5 Å². The molecule has 0 bridgehead atoms. The van der Waals surface area contributed by atoms with Gasteiger partial charge in [0, 0.05) is 19.2 Å². The standard InChI is InChI=1S/C17H21NO4/c1-12(11-18-10-6-7-14(18)16(21)22-3)17(13(2)19)9-5-4-8-15(17)20/h6-7,10H,1,4-5,8-9,11H2,2-3H3. The fraction of sp³-hybridized carbons (Fsp3) is 0.471. The summed E-state index contributed by atoms with van der Waals surface area (Å²) in [5.41, 5.74) is -0.174. The molecule has 1 aliphatic rings. The maximum Gasteiger partial charge on any atom is 0.354 e. The van der Waals surface area contributed by atoms with Gasteiger partial charge in [-0.3, -0.25) is 9.59 Å². The summed E-state index contributed by atoms with van der Waals surface area (Å²) in [7, 11) is 1.32. The number of hydrogen-bond acceptors (Lipinski definition) is 4. The van der Waals surface area contributed by atoms with E-state index < -0.39 is 11.4 Å². The number of aromatic nitrogens is 1. The predicted octanol–water partition coefficient (Wildman–Crippen LogP) is 2.55. The summed E-state index contributed by atoms with van der Waals surface area (Å²) >= 11 is 0. The van der Waals surface area contributed by atoms with E-state index in [4.69, 9.17) is 4.74 Å². The number of hydrogen-bond donors (Lipinski definition) is 0. The van der Waals surface area contributed by atoms with Crippen molar-refractivity contribution >= 4 is 17.5 Å². The largest absolute Gasteiger partial charge is 0.464 e. The molecule has 0 spiro atoms. The molecule has 0 N–H and O–H groups in total. The Morgan fingerprint density at radius 1 is 1.41 bits per heavy atom. The number of rotatable bonds is 5. The quantitative estimate of drug-likeness (QED) is 0.476. The van der Waals surface area contributed by atoms with Gasteiger partial charge in [0.15, 0.2) is 5.78 Å². The Labute approximate surface area is 129 Å². The lowest BCUT2D eigenvalue weighted by Gasteiger charge is -2.35. The molecule has 1 unspecified atom stereocenters. The van der Waals surface area contributed by atoms with Crippen molar-refractivity contribution in [2.45, 2.75) is 39.2 Å². The normalized spacial score (nSPS) is 21.5. The predicted molar refractivity (Wildman–Crippen MR) is 81.5 cm³/mol. The average Bonchev–Trinajstić information content (AvgIpc) is 2.94. The minimum absolute atomic E-state index is 0.0528. The smallest absolute Gasteiger partial charge is 0.354 e. The maximum atomic E-state index is 12.4. The molecule has 0 saturated heterocycles. The molecule has 0 aromatic carbocycles. The number of Topliss-reactive ketones (excluding diaryl/α,β-unsaturated/α-hetero) is 2. The minimum atomic E-state index is -1.10. The molecule has 1 aliphatic carbocycles. The number of methoxy groups -OCH3 is 1. The van der Waals surface area contributed by atoms with Crippen LogP contribution in [0.5, 0.6) is 0 Å². The number of carbonyl (C=O) groups excluding carboxylic acids is 3. The first-order valence-corrected chi connectivity index (χ1v) is 7.39. The molecule has 118 valence electrons. The average molecular weight is 303 g/mol. The minimum Gasteiger partial charge on any atom is -0.464 e. The van der Waals surface area contributed by atoms with Crippen molar-refractivity contribution < 1.29 is 19.1 Å². The third-order valence-electron chi connectivity index (χ3n) is 4.47. The molecule has 1 aromatic heterocycles. The van der Waals surface area contributed by atoms with Gasteiger partial charge in [-0.25, -0.2) is 4.79 Å². The Balaban J connectivity index is 2.30. The number of nitrogens with zero attached hydrogens (tertiary/aromatic N) is 1. The van der Waals surface area contributed by atoms with Gasteiger partial charge in [-0.15, -0.1) is 0 Å². The van der Waals surface area contributed by atoms with Crippen LogP contribution in [0.1, 0.15) is 43.1 Å². The van der Waals surface area contributed by atoms with E-state index in [9.17, 15) is 14.4 Å². The van der Waals surface area contributed by atoms with Crippen molar-refractivity contribution in [1.82, 2.24) is 4.57 Å². The molecule has 2 rings (SSSR count). The zero-order chi connectivity index (χ0) is 16.3. The Morgan fingerprint density at radius 3 is 2.73 bits per heavy atom. The summed E-state index contributed by atoms with van der Waals surface area (Å²) in [4.78, 5) is 36.3. The molecule has 1 atom stereocenters. The fourth-order valence-corrected chi connectivity index (χ4v) is 3.21. The van der Waals surface area contributed by atoms with Gasteiger partial charge in [-0.2, -0.15) is 0 Å². The fourth-order valence-electron chi connectivity index (χ4n) is 3.21. The van der Waals surface area contributed by atoms with Gasteiger partial charge < -0.3 is 9.30 Å². The van der Waals surface area contributed by atoms with E-state index in [1.54, 1.807) is 22.9 Å². The highest BCUT2D eigenvalue weighted by molar-refractivity contribution is 6.09. The van der Waals surface area contributed by atoms with Crippen LogP contribution in [0.25, 0.3) is 0 Å². The van der Waals surface area contributed by atoms with Crippen LogP contribution >= 0.6 is 0 Å². The summed E-state index contributed by atoms with van der Waals surface area (Å²) in [5.74, 6) is -0.665.